The molecule has 0 amide bonds. The van der Waals surface area contributed by atoms with Crippen molar-refractivity contribution >= 4 is 5.71 Å². The molecule has 0 fully saturated rings. The molecule has 0 aromatic heterocycles. The second-order valence-corrected chi connectivity index (χ2v) is 4.77. The van der Waals surface area contributed by atoms with Gasteiger partial charge < -0.3 is 5.41 Å². The molecule has 0 radical (unpaired) electrons. The molecule has 1 nitrogen and oxygen atoms in total. The standard InChI is InChI=1S/C14H27N/c1-5-6-7-8-9-10-13(4)11-14(15)12(2)3/h13,15H,2,5-11H2,1,3-4H3/t13-/m1/s1. The van der Waals surface area contributed by atoms with Crippen molar-refractivity contribution in [3.8, 4) is 0 Å². The predicted octanol–water partition coefficient (Wildman–Crippen LogP) is 4.97. The fourth-order valence-electron chi connectivity index (χ4n) is 1.72. The molecular formula is C14H27N. The van der Waals surface area contributed by atoms with E-state index < -0.39 is 0 Å². The van der Waals surface area contributed by atoms with Gasteiger partial charge in [0.05, 0.1) is 0 Å². The van der Waals surface area contributed by atoms with Crippen LogP contribution in [0.15, 0.2) is 12.2 Å². The molecule has 1 heteroatoms. The van der Waals surface area contributed by atoms with Crippen LogP contribution in [0.2, 0.25) is 0 Å². The molecule has 0 spiro atoms. The first-order chi connectivity index (χ1) is 7.07. The van der Waals surface area contributed by atoms with Gasteiger partial charge in [-0.05, 0) is 24.8 Å². The van der Waals surface area contributed by atoms with Crippen molar-refractivity contribution < 1.29 is 0 Å². The van der Waals surface area contributed by atoms with E-state index in [1.807, 2.05) is 6.92 Å². The summed E-state index contributed by atoms with van der Waals surface area (Å²) in [5, 5.41) is 7.72. The Balaban J connectivity index is 3.45. The molecule has 88 valence electrons. The molecule has 0 aliphatic heterocycles. The lowest BCUT2D eigenvalue weighted by Gasteiger charge is -2.11. The third kappa shape index (κ3) is 8.41. The molecule has 0 aromatic rings. The first-order valence-corrected chi connectivity index (χ1v) is 6.31. The highest BCUT2D eigenvalue weighted by Gasteiger charge is 2.06. The second kappa shape index (κ2) is 8.70. The van der Waals surface area contributed by atoms with Crippen molar-refractivity contribution in [1.29, 1.82) is 5.41 Å². The van der Waals surface area contributed by atoms with Crippen molar-refractivity contribution in [2.24, 2.45) is 5.92 Å². The van der Waals surface area contributed by atoms with Gasteiger partial charge in [0.1, 0.15) is 0 Å². The zero-order valence-electron chi connectivity index (χ0n) is 10.7. The summed E-state index contributed by atoms with van der Waals surface area (Å²) in [6.45, 7) is 10.2. The smallest absolute Gasteiger partial charge is 0.0339 e. The third-order valence-electron chi connectivity index (χ3n) is 2.87. The van der Waals surface area contributed by atoms with Crippen LogP contribution in [0, 0.1) is 11.3 Å². The Morgan fingerprint density at radius 2 is 1.80 bits per heavy atom. The van der Waals surface area contributed by atoms with Gasteiger partial charge in [0, 0.05) is 5.71 Å². The number of nitrogens with one attached hydrogen (secondary N) is 1. The van der Waals surface area contributed by atoms with Crippen LogP contribution in [0.1, 0.15) is 65.7 Å². The van der Waals surface area contributed by atoms with Gasteiger partial charge in [0.15, 0.2) is 0 Å². The van der Waals surface area contributed by atoms with Crippen molar-refractivity contribution in [3.05, 3.63) is 12.2 Å². The van der Waals surface area contributed by atoms with Crippen molar-refractivity contribution in [1.82, 2.24) is 0 Å². The van der Waals surface area contributed by atoms with E-state index in [9.17, 15) is 0 Å². The molecule has 15 heavy (non-hydrogen) atoms. The first kappa shape index (κ1) is 14.4. The zero-order valence-corrected chi connectivity index (χ0v) is 10.7. The Hall–Kier alpha value is -0.590. The van der Waals surface area contributed by atoms with E-state index in [1.165, 1.54) is 38.5 Å². The van der Waals surface area contributed by atoms with Gasteiger partial charge in [-0.25, -0.2) is 0 Å². The Morgan fingerprint density at radius 1 is 1.20 bits per heavy atom. The fourth-order valence-corrected chi connectivity index (χ4v) is 1.72. The number of hydrogen-bond donors (Lipinski definition) is 1. The first-order valence-electron chi connectivity index (χ1n) is 6.31. The van der Waals surface area contributed by atoms with Crippen molar-refractivity contribution in [2.75, 3.05) is 0 Å². The largest absolute Gasteiger partial charge is 0.305 e. The van der Waals surface area contributed by atoms with E-state index in [4.69, 9.17) is 5.41 Å². The summed E-state index contributed by atoms with van der Waals surface area (Å²) in [7, 11) is 0. The summed E-state index contributed by atoms with van der Waals surface area (Å²) in [6.07, 6.45) is 8.92. The molecule has 0 unspecified atom stereocenters. The van der Waals surface area contributed by atoms with E-state index in [1.54, 1.807) is 0 Å². The quantitative estimate of drug-likeness (QED) is 0.409. The van der Waals surface area contributed by atoms with Gasteiger partial charge in [-0.3, -0.25) is 0 Å². The third-order valence-corrected chi connectivity index (χ3v) is 2.87. The highest BCUT2D eigenvalue weighted by Crippen LogP contribution is 2.16. The lowest BCUT2D eigenvalue weighted by molar-refractivity contribution is 0.498. The van der Waals surface area contributed by atoms with Crippen LogP contribution in [0.5, 0.6) is 0 Å². The van der Waals surface area contributed by atoms with E-state index >= 15 is 0 Å². The summed E-state index contributed by atoms with van der Waals surface area (Å²) in [5.74, 6) is 0.649. The number of allylic oxidation sites excluding steroid dienone is 1. The lowest BCUT2D eigenvalue weighted by Crippen LogP contribution is -2.05. The molecule has 1 atom stereocenters. The van der Waals surface area contributed by atoms with E-state index in [0.717, 1.165) is 17.7 Å². The maximum absolute atomic E-state index is 7.72. The predicted molar refractivity (Wildman–Crippen MR) is 69.7 cm³/mol. The second-order valence-electron chi connectivity index (χ2n) is 4.77. The molecule has 1 N–H and O–H groups in total. The number of rotatable bonds is 9. The maximum atomic E-state index is 7.72. The Morgan fingerprint density at radius 3 is 2.33 bits per heavy atom. The minimum Gasteiger partial charge on any atom is -0.305 e. The molecule has 0 aromatic carbocycles. The molecule has 0 saturated carbocycles. The minimum atomic E-state index is 0.649. The van der Waals surface area contributed by atoms with E-state index in [0.29, 0.717) is 5.92 Å². The van der Waals surface area contributed by atoms with Gasteiger partial charge in [-0.2, -0.15) is 0 Å². The van der Waals surface area contributed by atoms with Gasteiger partial charge in [0.25, 0.3) is 0 Å². The number of unbranched alkanes of at least 4 members (excludes halogenated alkanes) is 4. The Kier molecular flexibility index (Phi) is 8.35. The summed E-state index contributed by atoms with van der Waals surface area (Å²) in [5.41, 5.74) is 1.66. The highest BCUT2D eigenvalue weighted by molar-refractivity contribution is 5.96. The summed E-state index contributed by atoms with van der Waals surface area (Å²) in [6, 6.07) is 0. The summed E-state index contributed by atoms with van der Waals surface area (Å²) in [4.78, 5) is 0. The summed E-state index contributed by atoms with van der Waals surface area (Å²) < 4.78 is 0. The Bertz CT molecular complexity index is 194. The Labute approximate surface area is 95.5 Å². The fraction of sp³-hybridized carbons (Fsp3) is 0.786. The van der Waals surface area contributed by atoms with Crippen LogP contribution < -0.4 is 0 Å². The van der Waals surface area contributed by atoms with Crippen LogP contribution in [-0.4, -0.2) is 5.71 Å². The molecule has 0 aliphatic rings. The van der Waals surface area contributed by atoms with E-state index in [2.05, 4.69) is 20.4 Å². The molecule has 0 rings (SSSR count). The summed E-state index contributed by atoms with van der Waals surface area (Å²) >= 11 is 0. The lowest BCUT2D eigenvalue weighted by atomic mass is 9.95. The minimum absolute atomic E-state index is 0.649. The van der Waals surface area contributed by atoms with Crippen LogP contribution >= 0.6 is 0 Å². The van der Waals surface area contributed by atoms with E-state index in [-0.39, 0.29) is 0 Å². The van der Waals surface area contributed by atoms with Crippen LogP contribution in [0.3, 0.4) is 0 Å². The van der Waals surface area contributed by atoms with Gasteiger partial charge in [-0.1, -0.05) is 59.0 Å². The molecule has 0 heterocycles. The molecular weight excluding hydrogens is 182 g/mol. The molecule has 0 bridgehead atoms. The van der Waals surface area contributed by atoms with Crippen molar-refractivity contribution in [3.63, 3.8) is 0 Å². The average molecular weight is 209 g/mol. The SMILES string of the molecule is C=C(C)C(=N)C[C@H](C)CCCCCCC. The van der Waals surface area contributed by atoms with Crippen LogP contribution in [0.25, 0.3) is 0 Å². The highest BCUT2D eigenvalue weighted by atomic mass is 14.4. The van der Waals surface area contributed by atoms with Crippen LogP contribution in [0.4, 0.5) is 0 Å². The maximum Gasteiger partial charge on any atom is 0.0339 e. The molecule has 0 aliphatic carbocycles. The topological polar surface area (TPSA) is 23.9 Å². The van der Waals surface area contributed by atoms with Gasteiger partial charge in [0.2, 0.25) is 0 Å². The normalized spacial score (nSPS) is 12.5. The average Bonchev–Trinajstić information content (AvgIpc) is 2.17. The zero-order chi connectivity index (χ0) is 11.7. The van der Waals surface area contributed by atoms with Gasteiger partial charge in [-0.15, -0.1) is 0 Å². The number of hydrogen-bond acceptors (Lipinski definition) is 1. The van der Waals surface area contributed by atoms with Crippen molar-refractivity contribution in [2.45, 2.75) is 65.7 Å². The van der Waals surface area contributed by atoms with Crippen LogP contribution in [-0.2, 0) is 0 Å². The van der Waals surface area contributed by atoms with Gasteiger partial charge >= 0.3 is 0 Å². The monoisotopic (exact) mass is 209 g/mol. The molecule has 0 saturated heterocycles.